The summed E-state index contributed by atoms with van der Waals surface area (Å²) < 4.78 is 0. The van der Waals surface area contributed by atoms with E-state index in [0.29, 0.717) is 0 Å². The summed E-state index contributed by atoms with van der Waals surface area (Å²) in [5, 5.41) is 16.9. The van der Waals surface area contributed by atoms with Crippen molar-refractivity contribution in [1.82, 2.24) is 36.9 Å². The minimum Gasteiger partial charge on any atom is -0.696 e. The van der Waals surface area contributed by atoms with Gasteiger partial charge in [-0.1, -0.05) is 10.8 Å². The maximum Gasteiger partial charge on any atom is 2.00 e. The van der Waals surface area contributed by atoms with Gasteiger partial charge in [-0.2, -0.15) is 0 Å². The number of rotatable bonds is 0. The van der Waals surface area contributed by atoms with Gasteiger partial charge in [0, 0.05) is 0 Å². The van der Waals surface area contributed by atoms with Crippen molar-refractivity contribution in [2.75, 3.05) is 0 Å². The molecule has 0 amide bonds. The molecule has 0 saturated carbocycles. The van der Waals surface area contributed by atoms with Crippen molar-refractivity contribution in [3.05, 3.63) is 0 Å². The van der Waals surface area contributed by atoms with E-state index in [9.17, 15) is 0 Å². The van der Waals surface area contributed by atoms with Crippen LogP contribution in [-0.4, -0.2) is 0 Å². The van der Waals surface area contributed by atoms with E-state index in [1.165, 1.54) is 10.8 Å². The summed E-state index contributed by atoms with van der Waals surface area (Å²) in [6.45, 7) is 0. The molecule has 0 saturated heterocycles. The van der Waals surface area contributed by atoms with Crippen LogP contribution in [0.3, 0.4) is 0 Å². The largest absolute Gasteiger partial charge is 2.00 e. The molecule has 0 aromatic carbocycles. The van der Waals surface area contributed by atoms with Crippen molar-refractivity contribution in [3.8, 4) is 10.8 Å². The average molecular weight is 277 g/mol. The number of thiocyanates is 2. The second-order valence-electron chi connectivity index (χ2n) is 0.183. The second kappa shape index (κ2) is 469. The number of hydrogen-bond acceptors (Lipinski definition) is 10. The Morgan fingerprint density at radius 3 is 0.615 bits per heavy atom. The van der Waals surface area contributed by atoms with Gasteiger partial charge in [-0.3, -0.25) is 0 Å². The molecule has 0 aromatic heterocycles. The van der Waals surface area contributed by atoms with Gasteiger partial charge in [0.1, 0.15) is 0 Å². The van der Waals surface area contributed by atoms with Gasteiger partial charge in [0.2, 0.25) is 0 Å². The number of nitriles is 2. The Balaban J connectivity index is -0.00000000229. The zero-order valence-corrected chi connectivity index (χ0v) is 9.96. The maximum atomic E-state index is 7.13. The minimum atomic E-state index is 0. The molecule has 13 heavy (non-hydrogen) atoms. The zero-order valence-electron chi connectivity index (χ0n) is 7.29. The van der Waals surface area contributed by atoms with Gasteiger partial charge in [0.05, 0.1) is 0 Å². The molecule has 0 aliphatic heterocycles. The van der Waals surface area contributed by atoms with Crippen LogP contribution in [0.25, 0.3) is 0 Å². The minimum absolute atomic E-state index is 0. The van der Waals surface area contributed by atoms with E-state index in [-0.39, 0.29) is 53.7 Å². The Bertz CT molecular complexity index is 75.1. The molecule has 0 spiro atoms. The summed E-state index contributed by atoms with van der Waals surface area (Å²) in [7, 11) is 0. The van der Waals surface area contributed by atoms with E-state index in [2.05, 4.69) is 25.3 Å². The van der Waals surface area contributed by atoms with Crippen LogP contribution in [0.5, 0.6) is 0 Å². The molecule has 0 bridgehead atoms. The first-order chi connectivity index (χ1) is 2.83. The molecule has 87 valence electrons. The third-order valence-corrected chi connectivity index (χ3v) is 0. The molecule has 0 aliphatic carbocycles. The van der Waals surface area contributed by atoms with Crippen LogP contribution >= 0.6 is 0 Å². The Hall–Kier alpha value is -0.314. The van der Waals surface area contributed by atoms with Crippen LogP contribution in [-0.2, 0) is 42.0 Å². The van der Waals surface area contributed by atoms with Gasteiger partial charge < -0.3 is 62.2 Å². The first kappa shape index (κ1) is 127. The predicted molar refractivity (Wildman–Crippen MR) is 56.1 cm³/mol. The van der Waals surface area contributed by atoms with E-state index in [4.69, 9.17) is 10.5 Å². The molecule has 0 unspecified atom stereocenters. The molecule has 11 heteroatoms. The fourth-order valence-electron chi connectivity index (χ4n) is 0. The summed E-state index contributed by atoms with van der Waals surface area (Å²) >= 11 is 7.40. The molecule has 0 rings (SSSR count). The van der Waals surface area contributed by atoms with Crippen molar-refractivity contribution >= 4 is 25.3 Å². The Kier molecular flexibility index (Phi) is 4600. The molecule has 0 fully saturated rings. The molecule has 0 aliphatic rings. The van der Waals surface area contributed by atoms with Crippen molar-refractivity contribution < 1.29 is 16.8 Å². The molecule has 0 atom stereocenters. The first-order valence-corrected chi connectivity index (χ1v) is 1.67. The maximum absolute atomic E-state index is 7.13. The van der Waals surface area contributed by atoms with Crippen molar-refractivity contribution in [2.45, 2.75) is 0 Å². The summed E-state index contributed by atoms with van der Waals surface area (Å²) in [5.41, 5.74) is 0. The summed E-state index contributed by atoms with van der Waals surface area (Å²) in [4.78, 5) is 0. The summed E-state index contributed by atoms with van der Waals surface area (Å²) in [5.74, 6) is 0. The fourth-order valence-corrected chi connectivity index (χ4v) is 0. The molecule has 0 aromatic rings. The quantitative estimate of drug-likeness (QED) is 0.270. The topological polar surface area (TPSA) is 258 Å². The molecule has 1 radical (unpaired) electrons. The van der Waals surface area contributed by atoms with Crippen LogP contribution < -0.4 is 36.9 Å². The van der Waals surface area contributed by atoms with Crippen LogP contribution in [0, 0.1) is 21.3 Å². The molecule has 8 nitrogen and oxygen atoms in total. The van der Waals surface area contributed by atoms with E-state index in [1.54, 1.807) is 0 Å². The van der Waals surface area contributed by atoms with Gasteiger partial charge in [-0.25, -0.2) is 10.5 Å². The van der Waals surface area contributed by atoms with E-state index >= 15 is 0 Å². The SMILES string of the molecule is N.N.N.N.N.N.N#C[S-].N#C[S-].[Co+2]. The fraction of sp³-hybridized carbons (Fsp3) is 0. The standard InChI is InChI=1S/2CHNS.Co.6H3N/c2*2-1-3;;;;;;;/h2*3H;;6*1H3/q;;+2;;;;;;/p-2. The number of hydrogen-bond donors (Lipinski definition) is 6. The Morgan fingerprint density at radius 1 is 0.615 bits per heavy atom. The molecular formula is C2H18CoN8S2. The van der Waals surface area contributed by atoms with Gasteiger partial charge in [-0.15, -0.1) is 0 Å². The predicted octanol–water partition coefficient (Wildman–Crippen LogP) is 0.998. The van der Waals surface area contributed by atoms with Crippen molar-refractivity contribution in [2.24, 2.45) is 0 Å². The van der Waals surface area contributed by atoms with Gasteiger partial charge in [-0.05, 0) is 0 Å². The van der Waals surface area contributed by atoms with Crippen LogP contribution in [0.2, 0.25) is 0 Å². The third kappa shape index (κ3) is 11200. The van der Waals surface area contributed by atoms with E-state index < -0.39 is 0 Å². The van der Waals surface area contributed by atoms with Crippen molar-refractivity contribution in [3.63, 3.8) is 0 Å². The normalized spacial score (nSPS) is 1.08. The molecular weight excluding hydrogens is 259 g/mol. The number of nitrogens with zero attached hydrogens (tertiary/aromatic N) is 2. The first-order valence-electron chi connectivity index (χ1n) is 0.855. The molecule has 0 heterocycles. The monoisotopic (exact) mass is 277 g/mol. The Morgan fingerprint density at radius 2 is 0.615 bits per heavy atom. The van der Waals surface area contributed by atoms with Gasteiger partial charge in [0.15, 0.2) is 0 Å². The Labute approximate surface area is 100 Å². The van der Waals surface area contributed by atoms with Crippen molar-refractivity contribution in [1.29, 1.82) is 10.5 Å². The van der Waals surface area contributed by atoms with Gasteiger partial charge >= 0.3 is 16.8 Å². The van der Waals surface area contributed by atoms with Crippen LogP contribution in [0.1, 0.15) is 0 Å². The van der Waals surface area contributed by atoms with Gasteiger partial charge in [0.25, 0.3) is 0 Å². The van der Waals surface area contributed by atoms with Crippen LogP contribution in [0.4, 0.5) is 0 Å². The average Bonchev–Trinajstić information content (AvgIpc) is 1.39. The second-order valence-corrected chi connectivity index (χ2v) is 0.548. The van der Waals surface area contributed by atoms with Crippen LogP contribution in [0.15, 0.2) is 0 Å². The smallest absolute Gasteiger partial charge is 0.696 e. The van der Waals surface area contributed by atoms with E-state index in [0.717, 1.165) is 0 Å². The summed E-state index contributed by atoms with van der Waals surface area (Å²) in [6.07, 6.45) is 0. The zero-order chi connectivity index (χ0) is 5.41. The van der Waals surface area contributed by atoms with E-state index in [1.807, 2.05) is 0 Å². The molecule has 18 N–H and O–H groups in total. The third-order valence-electron chi connectivity index (χ3n) is 0. The summed E-state index contributed by atoms with van der Waals surface area (Å²) in [6, 6.07) is 0.